The van der Waals surface area contributed by atoms with Crippen LogP contribution in [0.1, 0.15) is 24.8 Å². The Morgan fingerprint density at radius 1 is 1.32 bits per heavy atom. The largest absolute Gasteiger partial charge is 0.370 e. The van der Waals surface area contributed by atoms with Gasteiger partial charge in [0.25, 0.3) is 0 Å². The maximum absolute atomic E-state index is 13.7. The molecule has 1 N–H and O–H groups in total. The van der Waals surface area contributed by atoms with E-state index in [-0.39, 0.29) is 11.8 Å². The van der Waals surface area contributed by atoms with Gasteiger partial charge in [-0.05, 0) is 37.5 Å². The third-order valence-corrected chi connectivity index (χ3v) is 4.42. The van der Waals surface area contributed by atoms with Gasteiger partial charge in [0.05, 0.1) is 24.1 Å². The summed E-state index contributed by atoms with van der Waals surface area (Å²) in [6.07, 6.45) is 7.04. The van der Waals surface area contributed by atoms with E-state index in [4.69, 9.17) is 0 Å². The van der Waals surface area contributed by atoms with Gasteiger partial charge in [0.2, 0.25) is 0 Å². The highest BCUT2D eigenvalue weighted by atomic mass is 19.1. The first kappa shape index (κ1) is 17.3. The van der Waals surface area contributed by atoms with E-state index in [1.165, 1.54) is 18.6 Å². The van der Waals surface area contributed by atoms with Gasteiger partial charge in [0.1, 0.15) is 5.82 Å². The molecule has 0 aliphatic carbocycles. The lowest BCUT2D eigenvalue weighted by molar-refractivity contribution is 0.220. The number of anilines is 2. The fraction of sp³-hybridized carbons (Fsp3) is 0.444. The third-order valence-electron chi connectivity index (χ3n) is 4.42. The topological polar surface area (TPSA) is 53.4 Å². The van der Waals surface area contributed by atoms with Crippen molar-refractivity contribution in [1.29, 1.82) is 0 Å². The number of hydrogen-bond donors (Lipinski definition) is 1. The van der Waals surface area contributed by atoms with Crippen LogP contribution in [0.25, 0.3) is 0 Å². The molecule has 134 valence electrons. The molecule has 2 amide bonds. The van der Waals surface area contributed by atoms with Crippen molar-refractivity contribution in [2.24, 2.45) is 7.05 Å². The molecule has 2 heterocycles. The van der Waals surface area contributed by atoms with Crippen LogP contribution in [0, 0.1) is 5.82 Å². The summed E-state index contributed by atoms with van der Waals surface area (Å²) in [5.74, 6) is -0.356. The average molecular weight is 345 g/mol. The van der Waals surface area contributed by atoms with Gasteiger partial charge in [-0.2, -0.15) is 5.10 Å². The van der Waals surface area contributed by atoms with Crippen LogP contribution in [-0.2, 0) is 13.6 Å². The van der Waals surface area contributed by atoms with Crippen LogP contribution in [0.15, 0.2) is 30.6 Å². The van der Waals surface area contributed by atoms with E-state index >= 15 is 0 Å². The fourth-order valence-corrected chi connectivity index (χ4v) is 3.13. The van der Waals surface area contributed by atoms with Crippen LogP contribution in [0.5, 0.6) is 0 Å². The molecule has 0 saturated carbocycles. The summed E-state index contributed by atoms with van der Waals surface area (Å²) >= 11 is 0. The molecular formula is C18H24FN5O. The Bertz CT molecular complexity index is 739. The summed E-state index contributed by atoms with van der Waals surface area (Å²) in [5.41, 5.74) is 2.34. The van der Waals surface area contributed by atoms with E-state index < -0.39 is 0 Å². The van der Waals surface area contributed by atoms with Gasteiger partial charge in [0.15, 0.2) is 0 Å². The Morgan fingerprint density at radius 3 is 2.76 bits per heavy atom. The Morgan fingerprint density at radius 2 is 2.08 bits per heavy atom. The predicted octanol–water partition coefficient (Wildman–Crippen LogP) is 3.21. The van der Waals surface area contributed by atoms with Gasteiger partial charge >= 0.3 is 6.03 Å². The van der Waals surface area contributed by atoms with E-state index in [1.807, 2.05) is 13.2 Å². The zero-order chi connectivity index (χ0) is 17.8. The minimum atomic E-state index is -0.356. The highest BCUT2D eigenvalue weighted by Crippen LogP contribution is 2.29. The van der Waals surface area contributed by atoms with E-state index in [1.54, 1.807) is 28.9 Å². The van der Waals surface area contributed by atoms with Gasteiger partial charge in [-0.3, -0.25) is 4.68 Å². The first-order valence-corrected chi connectivity index (χ1v) is 8.57. The number of amides is 2. The number of piperidine rings is 1. The molecule has 1 saturated heterocycles. The van der Waals surface area contributed by atoms with Crippen LogP contribution in [0.4, 0.5) is 20.6 Å². The highest BCUT2D eigenvalue weighted by Gasteiger charge is 2.18. The highest BCUT2D eigenvalue weighted by molar-refractivity contribution is 5.93. The van der Waals surface area contributed by atoms with Crippen LogP contribution in [0.3, 0.4) is 0 Å². The number of nitrogens with zero attached hydrogens (tertiary/aromatic N) is 4. The van der Waals surface area contributed by atoms with Crippen LogP contribution in [0.2, 0.25) is 0 Å². The number of rotatable bonds is 4. The average Bonchev–Trinajstić information content (AvgIpc) is 3.00. The Balaban J connectivity index is 1.72. The molecule has 1 aliphatic rings. The van der Waals surface area contributed by atoms with Gasteiger partial charge in [-0.25, -0.2) is 9.18 Å². The molecule has 1 fully saturated rings. The number of carbonyl (C=O) groups is 1. The van der Waals surface area contributed by atoms with Crippen LogP contribution in [-0.4, -0.2) is 40.8 Å². The molecular weight excluding hydrogens is 321 g/mol. The monoisotopic (exact) mass is 345 g/mol. The number of hydrogen-bond acceptors (Lipinski definition) is 3. The number of benzene rings is 1. The lowest BCUT2D eigenvalue weighted by Crippen LogP contribution is -2.33. The lowest BCUT2D eigenvalue weighted by atomic mass is 10.1. The van der Waals surface area contributed by atoms with E-state index in [0.29, 0.717) is 12.2 Å². The molecule has 1 aromatic carbocycles. The lowest BCUT2D eigenvalue weighted by Gasteiger charge is -2.31. The zero-order valence-corrected chi connectivity index (χ0v) is 14.7. The van der Waals surface area contributed by atoms with Crippen molar-refractivity contribution in [2.45, 2.75) is 25.8 Å². The zero-order valence-electron chi connectivity index (χ0n) is 14.7. The van der Waals surface area contributed by atoms with Gasteiger partial charge < -0.3 is 15.1 Å². The predicted molar refractivity (Wildman–Crippen MR) is 96.2 cm³/mol. The normalized spacial score (nSPS) is 14.4. The summed E-state index contributed by atoms with van der Waals surface area (Å²) in [5, 5.41) is 6.96. The molecule has 2 aromatic rings. The minimum Gasteiger partial charge on any atom is -0.370 e. The van der Waals surface area contributed by atoms with Gasteiger partial charge in [0, 0.05) is 38.9 Å². The van der Waals surface area contributed by atoms with Crippen molar-refractivity contribution >= 4 is 17.4 Å². The number of nitrogens with one attached hydrogen (secondary N) is 1. The SMILES string of the molecule is CN(Cc1cnn(C)c1)C(=O)Nc1cc(F)ccc1N1CCCCC1. The molecule has 0 radical (unpaired) electrons. The molecule has 3 rings (SSSR count). The fourth-order valence-electron chi connectivity index (χ4n) is 3.13. The molecule has 0 unspecified atom stereocenters. The third kappa shape index (κ3) is 4.29. The van der Waals surface area contributed by atoms with Crippen molar-refractivity contribution in [1.82, 2.24) is 14.7 Å². The van der Waals surface area contributed by atoms with Crippen molar-refractivity contribution in [3.63, 3.8) is 0 Å². The van der Waals surface area contributed by atoms with Crippen molar-refractivity contribution < 1.29 is 9.18 Å². The summed E-state index contributed by atoms with van der Waals surface area (Å²) in [6.45, 7) is 2.30. The maximum atomic E-state index is 13.7. The quantitative estimate of drug-likeness (QED) is 0.926. The Labute approximate surface area is 147 Å². The maximum Gasteiger partial charge on any atom is 0.321 e. The summed E-state index contributed by atoms with van der Waals surface area (Å²) in [4.78, 5) is 16.3. The standard InChI is InChI=1S/C18H24FN5O/c1-22(12-14-11-20-23(2)13-14)18(25)21-16-10-15(19)6-7-17(16)24-8-4-3-5-9-24/h6-7,10-11,13H,3-5,8-9,12H2,1-2H3,(H,21,25). The number of aryl methyl sites for hydroxylation is 1. The molecule has 0 bridgehead atoms. The van der Waals surface area contributed by atoms with E-state index in [0.717, 1.165) is 37.2 Å². The van der Waals surface area contributed by atoms with E-state index in [2.05, 4.69) is 15.3 Å². The van der Waals surface area contributed by atoms with Crippen molar-refractivity contribution in [3.8, 4) is 0 Å². The molecule has 1 aliphatic heterocycles. The van der Waals surface area contributed by atoms with Crippen LogP contribution >= 0.6 is 0 Å². The number of aromatic nitrogens is 2. The molecule has 0 spiro atoms. The number of halogens is 1. The number of urea groups is 1. The number of carbonyl (C=O) groups excluding carboxylic acids is 1. The van der Waals surface area contributed by atoms with Crippen molar-refractivity contribution in [2.75, 3.05) is 30.4 Å². The molecule has 1 aromatic heterocycles. The first-order valence-electron chi connectivity index (χ1n) is 8.57. The first-order chi connectivity index (χ1) is 12.0. The summed E-state index contributed by atoms with van der Waals surface area (Å²) in [7, 11) is 3.55. The summed E-state index contributed by atoms with van der Waals surface area (Å²) in [6, 6.07) is 4.31. The summed E-state index contributed by atoms with van der Waals surface area (Å²) < 4.78 is 15.4. The minimum absolute atomic E-state index is 0.271. The second kappa shape index (κ2) is 7.55. The Kier molecular flexibility index (Phi) is 5.21. The molecule has 6 nitrogen and oxygen atoms in total. The van der Waals surface area contributed by atoms with Crippen LogP contribution < -0.4 is 10.2 Å². The van der Waals surface area contributed by atoms with Gasteiger partial charge in [-0.15, -0.1) is 0 Å². The van der Waals surface area contributed by atoms with E-state index in [9.17, 15) is 9.18 Å². The smallest absolute Gasteiger partial charge is 0.321 e. The second-order valence-electron chi connectivity index (χ2n) is 6.52. The molecule has 7 heteroatoms. The van der Waals surface area contributed by atoms with Gasteiger partial charge in [-0.1, -0.05) is 0 Å². The molecule has 0 atom stereocenters. The second-order valence-corrected chi connectivity index (χ2v) is 6.52. The Hall–Kier alpha value is -2.57. The van der Waals surface area contributed by atoms with Crippen molar-refractivity contribution in [3.05, 3.63) is 42.0 Å². The molecule has 25 heavy (non-hydrogen) atoms.